The highest BCUT2D eigenvalue weighted by atomic mass is 32.1. The van der Waals surface area contributed by atoms with E-state index in [1.165, 1.54) is 16.9 Å². The minimum Gasteiger partial charge on any atom is -0.244 e. The van der Waals surface area contributed by atoms with Gasteiger partial charge in [0.2, 0.25) is 0 Å². The van der Waals surface area contributed by atoms with E-state index in [1.807, 2.05) is 18.2 Å². The van der Waals surface area contributed by atoms with Crippen LogP contribution in [0.5, 0.6) is 0 Å². The molecule has 0 saturated heterocycles. The van der Waals surface area contributed by atoms with Gasteiger partial charge >= 0.3 is 0 Å². The number of aromatic nitrogens is 1. The third-order valence-corrected chi connectivity index (χ3v) is 3.64. The van der Waals surface area contributed by atoms with E-state index >= 15 is 0 Å². The van der Waals surface area contributed by atoms with Crippen molar-refractivity contribution in [2.24, 2.45) is 0 Å². The lowest BCUT2D eigenvalue weighted by molar-refractivity contribution is 0.570. The van der Waals surface area contributed by atoms with E-state index in [4.69, 9.17) is 0 Å². The van der Waals surface area contributed by atoms with Crippen molar-refractivity contribution in [2.45, 2.75) is 32.6 Å². The zero-order valence-electron chi connectivity index (χ0n) is 10.9. The molecule has 0 unspecified atom stereocenters. The predicted octanol–water partition coefficient (Wildman–Crippen LogP) is 3.90. The molecule has 0 aliphatic heterocycles. The summed E-state index contributed by atoms with van der Waals surface area (Å²) >= 11 is 1.51. The summed E-state index contributed by atoms with van der Waals surface area (Å²) in [5, 5.41) is 10.2. The van der Waals surface area contributed by atoms with Crippen LogP contribution in [0.4, 0.5) is 0 Å². The summed E-state index contributed by atoms with van der Waals surface area (Å²) < 4.78 is 0. The van der Waals surface area contributed by atoms with Gasteiger partial charge in [-0.1, -0.05) is 51.1 Å². The molecular formula is C15H16N2S. The van der Waals surface area contributed by atoms with E-state index in [0.29, 0.717) is 0 Å². The van der Waals surface area contributed by atoms with E-state index in [0.717, 1.165) is 22.0 Å². The van der Waals surface area contributed by atoms with Crippen molar-refractivity contribution in [3.05, 3.63) is 51.5 Å². The predicted molar refractivity (Wildman–Crippen MR) is 74.8 cm³/mol. The number of nitriles is 1. The fraction of sp³-hybridized carbons (Fsp3) is 0.333. The van der Waals surface area contributed by atoms with Gasteiger partial charge < -0.3 is 0 Å². The maximum Gasteiger partial charge on any atom is 0.128 e. The number of rotatable bonds is 2. The zero-order valence-corrected chi connectivity index (χ0v) is 11.7. The number of hydrogen-bond acceptors (Lipinski definition) is 3. The van der Waals surface area contributed by atoms with Gasteiger partial charge in [0.1, 0.15) is 10.9 Å². The molecule has 0 spiro atoms. The molecule has 0 N–H and O–H groups in total. The molecule has 0 fully saturated rings. The second-order valence-electron chi connectivity index (χ2n) is 5.31. The van der Waals surface area contributed by atoms with E-state index in [9.17, 15) is 5.26 Å². The zero-order chi connectivity index (χ0) is 13.2. The van der Waals surface area contributed by atoms with Crippen LogP contribution in [0.1, 0.15) is 41.9 Å². The number of hydrogen-bond donors (Lipinski definition) is 0. The smallest absolute Gasteiger partial charge is 0.128 e. The Morgan fingerprint density at radius 1 is 1.22 bits per heavy atom. The summed E-state index contributed by atoms with van der Waals surface area (Å²) in [6.07, 6.45) is 0.802. The first-order chi connectivity index (χ1) is 8.50. The molecular weight excluding hydrogens is 240 g/mol. The second-order valence-corrected chi connectivity index (χ2v) is 6.39. The van der Waals surface area contributed by atoms with Crippen LogP contribution in [-0.2, 0) is 11.8 Å². The van der Waals surface area contributed by atoms with E-state index in [2.05, 4.69) is 44.0 Å². The summed E-state index contributed by atoms with van der Waals surface area (Å²) in [4.78, 5) is 5.39. The van der Waals surface area contributed by atoms with Crippen LogP contribution in [-0.4, -0.2) is 4.98 Å². The third kappa shape index (κ3) is 2.77. The fourth-order valence-electron chi connectivity index (χ4n) is 1.79. The molecule has 1 aromatic carbocycles. The molecule has 2 rings (SSSR count). The highest BCUT2D eigenvalue weighted by molar-refractivity contribution is 7.12. The molecule has 0 bridgehead atoms. The first-order valence-electron chi connectivity index (χ1n) is 5.95. The maximum absolute atomic E-state index is 9.18. The third-order valence-electron chi connectivity index (χ3n) is 2.68. The fourth-order valence-corrected chi connectivity index (χ4v) is 2.90. The van der Waals surface area contributed by atoms with Crippen LogP contribution >= 0.6 is 11.3 Å². The van der Waals surface area contributed by atoms with E-state index in [1.54, 1.807) is 0 Å². The lowest BCUT2D eigenvalue weighted by atomic mass is 9.91. The second kappa shape index (κ2) is 4.91. The Morgan fingerprint density at radius 2 is 1.89 bits per heavy atom. The van der Waals surface area contributed by atoms with Gasteiger partial charge in [-0.25, -0.2) is 4.98 Å². The Bertz CT molecular complexity index is 571. The molecule has 0 atom stereocenters. The highest BCUT2D eigenvalue weighted by Crippen LogP contribution is 2.29. The minimum atomic E-state index is -0.0729. The van der Waals surface area contributed by atoms with Gasteiger partial charge in [0.25, 0.3) is 0 Å². The lowest BCUT2D eigenvalue weighted by Gasteiger charge is -2.15. The largest absolute Gasteiger partial charge is 0.244 e. The van der Waals surface area contributed by atoms with Crippen LogP contribution in [0, 0.1) is 11.3 Å². The van der Waals surface area contributed by atoms with Crippen LogP contribution in [0.25, 0.3) is 0 Å². The monoisotopic (exact) mass is 256 g/mol. The molecule has 1 aromatic heterocycles. The standard InChI is InChI=1S/C15H16N2S/c1-15(2,3)14-12(10-16)18-13(17-14)9-11-7-5-4-6-8-11/h4-8H,9H2,1-3H3. The Labute approximate surface area is 112 Å². The number of thiazole rings is 1. The first kappa shape index (κ1) is 12.8. The average molecular weight is 256 g/mol. The van der Waals surface area contributed by atoms with Gasteiger partial charge in [-0.3, -0.25) is 0 Å². The molecule has 0 aliphatic carbocycles. The molecule has 92 valence electrons. The summed E-state index contributed by atoms with van der Waals surface area (Å²) in [6, 6.07) is 12.5. The average Bonchev–Trinajstić information content (AvgIpc) is 2.73. The van der Waals surface area contributed by atoms with Crippen molar-refractivity contribution < 1.29 is 0 Å². The molecule has 0 radical (unpaired) electrons. The van der Waals surface area contributed by atoms with Crippen LogP contribution in [0.15, 0.2) is 30.3 Å². The van der Waals surface area contributed by atoms with Crippen LogP contribution in [0.3, 0.4) is 0 Å². The summed E-state index contributed by atoms with van der Waals surface area (Å²) in [5.74, 6) is 0. The molecule has 2 nitrogen and oxygen atoms in total. The van der Waals surface area contributed by atoms with Crippen molar-refractivity contribution in [1.29, 1.82) is 5.26 Å². The van der Waals surface area contributed by atoms with Crippen LogP contribution < -0.4 is 0 Å². The minimum absolute atomic E-state index is 0.0729. The van der Waals surface area contributed by atoms with Crippen LogP contribution in [0.2, 0.25) is 0 Å². The summed E-state index contributed by atoms with van der Waals surface area (Å²) in [7, 11) is 0. The highest BCUT2D eigenvalue weighted by Gasteiger charge is 2.23. The van der Waals surface area contributed by atoms with Gasteiger partial charge in [-0.15, -0.1) is 11.3 Å². The Morgan fingerprint density at radius 3 is 2.39 bits per heavy atom. The molecule has 1 heterocycles. The molecule has 3 heteroatoms. The quantitative estimate of drug-likeness (QED) is 0.817. The molecule has 0 amide bonds. The first-order valence-corrected chi connectivity index (χ1v) is 6.76. The topological polar surface area (TPSA) is 36.7 Å². The van der Waals surface area contributed by atoms with Crippen molar-refractivity contribution in [2.75, 3.05) is 0 Å². The Hall–Kier alpha value is -1.66. The Kier molecular flexibility index (Phi) is 3.49. The number of nitrogens with zero attached hydrogens (tertiary/aromatic N) is 2. The number of benzene rings is 1. The SMILES string of the molecule is CC(C)(C)c1nc(Cc2ccccc2)sc1C#N. The lowest BCUT2D eigenvalue weighted by Crippen LogP contribution is -2.13. The normalized spacial score (nSPS) is 11.2. The molecule has 18 heavy (non-hydrogen) atoms. The van der Waals surface area contributed by atoms with Gasteiger partial charge in [0.15, 0.2) is 0 Å². The van der Waals surface area contributed by atoms with E-state index < -0.39 is 0 Å². The van der Waals surface area contributed by atoms with E-state index in [-0.39, 0.29) is 5.41 Å². The van der Waals surface area contributed by atoms with Crippen molar-refractivity contribution in [3.8, 4) is 6.07 Å². The van der Waals surface area contributed by atoms with Crippen molar-refractivity contribution in [3.63, 3.8) is 0 Å². The van der Waals surface area contributed by atoms with Gasteiger partial charge in [0.05, 0.1) is 10.7 Å². The van der Waals surface area contributed by atoms with Gasteiger partial charge in [-0.05, 0) is 5.56 Å². The van der Waals surface area contributed by atoms with Crippen molar-refractivity contribution >= 4 is 11.3 Å². The molecule has 2 aromatic rings. The maximum atomic E-state index is 9.18. The van der Waals surface area contributed by atoms with Crippen molar-refractivity contribution in [1.82, 2.24) is 4.98 Å². The van der Waals surface area contributed by atoms with Gasteiger partial charge in [0, 0.05) is 11.8 Å². The molecule has 0 saturated carbocycles. The Balaban J connectivity index is 2.32. The molecule has 0 aliphatic rings. The summed E-state index contributed by atoms with van der Waals surface area (Å²) in [5.41, 5.74) is 2.08. The van der Waals surface area contributed by atoms with Gasteiger partial charge in [-0.2, -0.15) is 5.26 Å². The summed E-state index contributed by atoms with van der Waals surface area (Å²) in [6.45, 7) is 6.28.